The highest BCUT2D eigenvalue weighted by molar-refractivity contribution is 7.22. The van der Waals surface area contributed by atoms with E-state index in [0.717, 1.165) is 29.1 Å². The van der Waals surface area contributed by atoms with Crippen molar-refractivity contribution in [1.82, 2.24) is 9.97 Å². The highest BCUT2D eigenvalue weighted by Crippen LogP contribution is 2.49. The van der Waals surface area contributed by atoms with Crippen LogP contribution in [0.25, 0.3) is 10.2 Å². The van der Waals surface area contributed by atoms with Crippen LogP contribution in [0, 0.1) is 17.1 Å². The minimum Gasteiger partial charge on any atom is -0.340 e. The van der Waals surface area contributed by atoms with E-state index < -0.39 is 5.54 Å². The molecule has 0 bridgehead atoms. The summed E-state index contributed by atoms with van der Waals surface area (Å²) < 4.78 is 15.2. The number of anilines is 1. The van der Waals surface area contributed by atoms with E-state index in [1.807, 2.05) is 11.9 Å². The SMILES string of the molecule is CN(c1nc2c(Cl)cc(C#N)cc2s1)C1(c2ncccc2F)CCC1. The van der Waals surface area contributed by atoms with Crippen molar-refractivity contribution in [2.75, 3.05) is 11.9 Å². The van der Waals surface area contributed by atoms with Crippen LogP contribution >= 0.6 is 22.9 Å². The standard InChI is InChI=1S/C18H14ClFN4S/c1-24(18(5-3-6-18)16-13(20)4-2-7-22-16)17-23-15-12(19)8-11(10-21)9-14(15)25-17/h2,4,7-9H,3,5-6H2,1H3. The maximum atomic E-state index is 14.4. The Labute approximate surface area is 153 Å². The van der Waals surface area contributed by atoms with Gasteiger partial charge in [0.25, 0.3) is 0 Å². The van der Waals surface area contributed by atoms with Crippen LogP contribution in [0.4, 0.5) is 9.52 Å². The lowest BCUT2D eigenvalue weighted by Gasteiger charge is -2.48. The first kappa shape index (κ1) is 16.2. The fourth-order valence-corrected chi connectivity index (χ4v) is 4.74. The van der Waals surface area contributed by atoms with E-state index in [1.165, 1.54) is 17.4 Å². The Morgan fingerprint density at radius 3 is 2.84 bits per heavy atom. The Bertz CT molecular complexity index is 1010. The third kappa shape index (κ3) is 2.46. The van der Waals surface area contributed by atoms with Gasteiger partial charge in [0, 0.05) is 13.2 Å². The average Bonchev–Trinajstić information content (AvgIpc) is 3.00. The average molecular weight is 373 g/mol. The Morgan fingerprint density at radius 1 is 1.40 bits per heavy atom. The van der Waals surface area contributed by atoms with E-state index in [4.69, 9.17) is 16.9 Å². The molecule has 25 heavy (non-hydrogen) atoms. The van der Waals surface area contributed by atoms with Crippen LogP contribution in [0.15, 0.2) is 30.5 Å². The van der Waals surface area contributed by atoms with Crippen LogP contribution in [0.1, 0.15) is 30.5 Å². The highest BCUT2D eigenvalue weighted by Gasteiger charge is 2.46. The van der Waals surface area contributed by atoms with Gasteiger partial charge in [-0.3, -0.25) is 4.98 Å². The van der Waals surface area contributed by atoms with Crippen LogP contribution in [-0.2, 0) is 5.54 Å². The summed E-state index contributed by atoms with van der Waals surface area (Å²) in [4.78, 5) is 11.0. The lowest BCUT2D eigenvalue weighted by atomic mass is 9.73. The molecule has 1 aliphatic rings. The summed E-state index contributed by atoms with van der Waals surface area (Å²) >= 11 is 7.72. The highest BCUT2D eigenvalue weighted by atomic mass is 35.5. The quantitative estimate of drug-likeness (QED) is 0.658. The molecule has 3 aromatic rings. The van der Waals surface area contributed by atoms with Gasteiger partial charge < -0.3 is 4.90 Å². The molecule has 0 spiro atoms. The fourth-order valence-electron chi connectivity index (χ4n) is 3.34. The molecule has 0 atom stereocenters. The first-order chi connectivity index (χ1) is 12.0. The molecule has 0 N–H and O–H groups in total. The predicted molar refractivity (Wildman–Crippen MR) is 97.5 cm³/mol. The predicted octanol–water partition coefficient (Wildman–Crippen LogP) is 4.87. The zero-order chi connectivity index (χ0) is 17.6. The number of halogens is 2. The monoisotopic (exact) mass is 372 g/mol. The summed E-state index contributed by atoms with van der Waals surface area (Å²) in [5, 5.41) is 10.3. The van der Waals surface area contributed by atoms with Crippen molar-refractivity contribution in [2.24, 2.45) is 0 Å². The van der Waals surface area contributed by atoms with Gasteiger partial charge in [-0.1, -0.05) is 22.9 Å². The molecular formula is C18H14ClFN4S. The third-order valence-electron chi connectivity index (χ3n) is 4.88. The number of fused-ring (bicyclic) bond motifs is 1. The molecule has 2 heterocycles. The minimum absolute atomic E-state index is 0.292. The van der Waals surface area contributed by atoms with E-state index in [9.17, 15) is 4.39 Å². The Hall–Kier alpha value is -2.23. The van der Waals surface area contributed by atoms with E-state index >= 15 is 0 Å². The fraction of sp³-hybridized carbons (Fsp3) is 0.278. The van der Waals surface area contributed by atoms with Crippen molar-refractivity contribution in [3.05, 3.63) is 52.6 Å². The van der Waals surface area contributed by atoms with Crippen LogP contribution in [-0.4, -0.2) is 17.0 Å². The molecule has 0 aliphatic heterocycles. The number of nitriles is 1. The number of aromatic nitrogens is 2. The maximum absolute atomic E-state index is 14.4. The molecule has 126 valence electrons. The first-order valence-electron chi connectivity index (χ1n) is 7.90. The van der Waals surface area contributed by atoms with Gasteiger partial charge in [0.1, 0.15) is 17.0 Å². The molecule has 0 unspecified atom stereocenters. The second-order valence-electron chi connectivity index (χ2n) is 6.19. The van der Waals surface area contributed by atoms with Gasteiger partial charge in [0.2, 0.25) is 0 Å². The van der Waals surface area contributed by atoms with Crippen molar-refractivity contribution in [2.45, 2.75) is 24.8 Å². The van der Waals surface area contributed by atoms with E-state index in [-0.39, 0.29) is 5.82 Å². The summed E-state index contributed by atoms with van der Waals surface area (Å²) in [6.07, 6.45) is 4.29. The third-order valence-corrected chi connectivity index (χ3v) is 6.24. The van der Waals surface area contributed by atoms with Gasteiger partial charge >= 0.3 is 0 Å². The molecule has 7 heteroatoms. The van der Waals surface area contributed by atoms with Crippen LogP contribution in [0.3, 0.4) is 0 Å². The van der Waals surface area contributed by atoms with Gasteiger partial charge in [0.15, 0.2) is 5.13 Å². The minimum atomic E-state index is -0.482. The number of nitrogens with zero attached hydrogens (tertiary/aromatic N) is 4. The molecule has 1 saturated carbocycles. The summed E-state index contributed by atoms with van der Waals surface area (Å²) in [6, 6.07) is 8.56. The second-order valence-corrected chi connectivity index (χ2v) is 7.61. The summed E-state index contributed by atoms with van der Waals surface area (Å²) in [5.74, 6) is -0.292. The van der Waals surface area contributed by atoms with Crippen LogP contribution < -0.4 is 4.90 Å². The van der Waals surface area contributed by atoms with Gasteiger partial charge in [-0.15, -0.1) is 0 Å². The Kier molecular flexibility index (Phi) is 3.86. The lowest BCUT2D eigenvalue weighted by Crippen LogP contribution is -2.50. The molecule has 1 fully saturated rings. The molecule has 4 rings (SSSR count). The number of pyridine rings is 1. The van der Waals surface area contributed by atoms with Crippen molar-refractivity contribution >= 4 is 38.3 Å². The molecular weight excluding hydrogens is 359 g/mol. The van der Waals surface area contributed by atoms with Gasteiger partial charge in [-0.05, 0) is 43.5 Å². The zero-order valence-corrected chi connectivity index (χ0v) is 15.0. The lowest BCUT2D eigenvalue weighted by molar-refractivity contribution is 0.225. The molecule has 0 radical (unpaired) electrons. The van der Waals surface area contributed by atoms with E-state index in [0.29, 0.717) is 21.8 Å². The number of rotatable bonds is 3. The Balaban J connectivity index is 1.81. The number of hydrogen-bond acceptors (Lipinski definition) is 5. The van der Waals surface area contributed by atoms with Gasteiger partial charge in [-0.25, -0.2) is 9.37 Å². The molecule has 1 aliphatic carbocycles. The summed E-state index contributed by atoms with van der Waals surface area (Å²) in [6.45, 7) is 0. The van der Waals surface area contributed by atoms with Crippen LogP contribution in [0.5, 0.6) is 0 Å². The van der Waals surface area contributed by atoms with Gasteiger partial charge in [-0.2, -0.15) is 5.26 Å². The molecule has 0 saturated heterocycles. The second kappa shape index (κ2) is 5.94. The van der Waals surface area contributed by atoms with Crippen molar-refractivity contribution in [1.29, 1.82) is 5.26 Å². The van der Waals surface area contributed by atoms with Gasteiger partial charge in [0.05, 0.1) is 26.9 Å². The summed E-state index contributed by atoms with van der Waals surface area (Å²) in [5.41, 5.74) is 1.16. The van der Waals surface area contributed by atoms with Crippen molar-refractivity contribution < 1.29 is 4.39 Å². The van der Waals surface area contributed by atoms with E-state index in [2.05, 4.69) is 16.0 Å². The van der Waals surface area contributed by atoms with E-state index in [1.54, 1.807) is 24.4 Å². The normalized spacial score (nSPS) is 15.6. The van der Waals surface area contributed by atoms with Crippen molar-refractivity contribution in [3.63, 3.8) is 0 Å². The molecule has 1 aromatic carbocycles. The number of thiazole rings is 1. The summed E-state index contributed by atoms with van der Waals surface area (Å²) in [7, 11) is 1.92. The largest absolute Gasteiger partial charge is 0.340 e. The molecule has 0 amide bonds. The topological polar surface area (TPSA) is 52.8 Å². The first-order valence-corrected chi connectivity index (χ1v) is 9.09. The maximum Gasteiger partial charge on any atom is 0.187 e. The van der Waals surface area contributed by atoms with Crippen LogP contribution in [0.2, 0.25) is 5.02 Å². The number of hydrogen-bond donors (Lipinski definition) is 0. The number of benzene rings is 1. The molecule has 4 nitrogen and oxygen atoms in total. The molecule has 2 aromatic heterocycles. The Morgan fingerprint density at radius 2 is 2.20 bits per heavy atom. The zero-order valence-electron chi connectivity index (χ0n) is 13.5. The smallest absolute Gasteiger partial charge is 0.187 e. The van der Waals surface area contributed by atoms with Crippen molar-refractivity contribution in [3.8, 4) is 6.07 Å².